The lowest BCUT2D eigenvalue weighted by atomic mass is 9.64. The van der Waals surface area contributed by atoms with E-state index in [1.807, 2.05) is 0 Å². The molecule has 1 rings (SSSR count). The quantitative estimate of drug-likeness (QED) is 0.687. The first-order valence-corrected chi connectivity index (χ1v) is 6.25. The molecule has 0 saturated heterocycles. The maximum atomic E-state index is 3.63. The Morgan fingerprint density at radius 3 is 2.07 bits per heavy atom. The predicted molar refractivity (Wildman–Crippen MR) is 63.4 cm³/mol. The van der Waals surface area contributed by atoms with Crippen LogP contribution in [0.2, 0.25) is 0 Å². The van der Waals surface area contributed by atoms with Gasteiger partial charge >= 0.3 is 0 Å². The standard InChI is InChI=1S/C13H27N/c1-11(2)8-13(6-5-7-13)10-14-9-12(3)4/h11-12,14H,5-10H2,1-4H3. The molecule has 0 radical (unpaired) electrons. The van der Waals surface area contributed by atoms with E-state index in [0.29, 0.717) is 5.41 Å². The van der Waals surface area contributed by atoms with E-state index < -0.39 is 0 Å². The highest BCUT2D eigenvalue weighted by molar-refractivity contribution is 4.90. The van der Waals surface area contributed by atoms with Crippen LogP contribution in [-0.2, 0) is 0 Å². The Balaban J connectivity index is 2.23. The molecule has 84 valence electrons. The zero-order chi connectivity index (χ0) is 10.6. The van der Waals surface area contributed by atoms with E-state index >= 15 is 0 Å². The SMILES string of the molecule is CC(C)CNCC1(CC(C)C)CCC1. The van der Waals surface area contributed by atoms with Crippen molar-refractivity contribution in [1.29, 1.82) is 0 Å². The van der Waals surface area contributed by atoms with Gasteiger partial charge in [0.2, 0.25) is 0 Å². The van der Waals surface area contributed by atoms with Gasteiger partial charge in [0.15, 0.2) is 0 Å². The highest BCUT2D eigenvalue weighted by Crippen LogP contribution is 2.45. The number of hydrogen-bond acceptors (Lipinski definition) is 1. The van der Waals surface area contributed by atoms with Crippen LogP contribution in [0.3, 0.4) is 0 Å². The first-order valence-electron chi connectivity index (χ1n) is 6.25. The van der Waals surface area contributed by atoms with Crippen LogP contribution in [0, 0.1) is 17.3 Å². The first-order chi connectivity index (χ1) is 6.54. The van der Waals surface area contributed by atoms with Gasteiger partial charge in [0.1, 0.15) is 0 Å². The zero-order valence-corrected chi connectivity index (χ0v) is 10.4. The lowest BCUT2D eigenvalue weighted by Gasteiger charge is -2.43. The van der Waals surface area contributed by atoms with Crippen molar-refractivity contribution in [2.75, 3.05) is 13.1 Å². The van der Waals surface area contributed by atoms with Crippen molar-refractivity contribution < 1.29 is 0 Å². The van der Waals surface area contributed by atoms with Crippen LogP contribution in [0.5, 0.6) is 0 Å². The third-order valence-electron chi connectivity index (χ3n) is 3.31. The minimum absolute atomic E-state index is 0.670. The maximum Gasteiger partial charge on any atom is 0.000802 e. The van der Waals surface area contributed by atoms with Gasteiger partial charge in [-0.3, -0.25) is 0 Å². The summed E-state index contributed by atoms with van der Waals surface area (Å²) in [5, 5.41) is 3.63. The highest BCUT2D eigenvalue weighted by Gasteiger charge is 2.36. The van der Waals surface area contributed by atoms with Crippen molar-refractivity contribution in [2.45, 2.75) is 53.4 Å². The van der Waals surface area contributed by atoms with E-state index in [2.05, 4.69) is 33.0 Å². The molecule has 1 fully saturated rings. The molecule has 0 aromatic rings. The second-order valence-corrected chi connectivity index (χ2v) is 5.98. The van der Waals surface area contributed by atoms with Crippen LogP contribution in [0.15, 0.2) is 0 Å². The number of rotatable bonds is 6. The minimum Gasteiger partial charge on any atom is -0.316 e. The van der Waals surface area contributed by atoms with Crippen LogP contribution in [-0.4, -0.2) is 13.1 Å². The Labute approximate surface area is 89.7 Å². The molecule has 0 aliphatic heterocycles. The molecule has 1 aliphatic carbocycles. The molecule has 1 aliphatic rings. The van der Waals surface area contributed by atoms with Crippen molar-refractivity contribution in [3.8, 4) is 0 Å². The molecule has 1 N–H and O–H groups in total. The van der Waals surface area contributed by atoms with Crippen molar-refractivity contribution >= 4 is 0 Å². The van der Waals surface area contributed by atoms with Gasteiger partial charge in [-0.05, 0) is 43.1 Å². The summed E-state index contributed by atoms with van der Waals surface area (Å²) in [6.45, 7) is 11.7. The van der Waals surface area contributed by atoms with E-state index in [0.717, 1.165) is 11.8 Å². The monoisotopic (exact) mass is 197 g/mol. The Morgan fingerprint density at radius 2 is 1.71 bits per heavy atom. The smallest absolute Gasteiger partial charge is 0.000802 e. The fourth-order valence-electron chi connectivity index (χ4n) is 2.62. The summed E-state index contributed by atoms with van der Waals surface area (Å²) in [5.74, 6) is 1.64. The Bertz CT molecular complexity index is 157. The third kappa shape index (κ3) is 3.61. The molecule has 0 heterocycles. The fourth-order valence-corrected chi connectivity index (χ4v) is 2.62. The van der Waals surface area contributed by atoms with Crippen molar-refractivity contribution in [3.05, 3.63) is 0 Å². The van der Waals surface area contributed by atoms with Gasteiger partial charge in [0.05, 0.1) is 0 Å². The van der Waals surface area contributed by atoms with E-state index in [9.17, 15) is 0 Å². The number of nitrogens with one attached hydrogen (secondary N) is 1. The van der Waals surface area contributed by atoms with E-state index in [1.165, 1.54) is 38.8 Å². The number of hydrogen-bond donors (Lipinski definition) is 1. The molecule has 0 aromatic heterocycles. The molecule has 1 nitrogen and oxygen atoms in total. The molecule has 0 atom stereocenters. The van der Waals surface area contributed by atoms with Crippen molar-refractivity contribution in [2.24, 2.45) is 17.3 Å². The van der Waals surface area contributed by atoms with Crippen LogP contribution in [0.25, 0.3) is 0 Å². The average molecular weight is 197 g/mol. The van der Waals surface area contributed by atoms with Gasteiger partial charge in [0, 0.05) is 6.54 Å². The van der Waals surface area contributed by atoms with E-state index in [4.69, 9.17) is 0 Å². The summed E-state index contributed by atoms with van der Waals surface area (Å²) in [6.07, 6.45) is 5.78. The van der Waals surface area contributed by atoms with Gasteiger partial charge in [-0.15, -0.1) is 0 Å². The summed E-state index contributed by atoms with van der Waals surface area (Å²) in [7, 11) is 0. The van der Waals surface area contributed by atoms with Crippen LogP contribution < -0.4 is 5.32 Å². The molecule has 0 aromatic carbocycles. The summed E-state index contributed by atoms with van der Waals surface area (Å²) in [4.78, 5) is 0. The molecular weight excluding hydrogens is 170 g/mol. The summed E-state index contributed by atoms with van der Waals surface area (Å²) >= 11 is 0. The second-order valence-electron chi connectivity index (χ2n) is 5.98. The molecule has 1 saturated carbocycles. The van der Waals surface area contributed by atoms with Gasteiger partial charge in [-0.25, -0.2) is 0 Å². The topological polar surface area (TPSA) is 12.0 Å². The molecule has 0 spiro atoms. The molecule has 1 heteroatoms. The molecule has 0 bridgehead atoms. The minimum atomic E-state index is 0.670. The lowest BCUT2D eigenvalue weighted by molar-refractivity contribution is 0.0974. The summed E-state index contributed by atoms with van der Waals surface area (Å²) in [5.41, 5.74) is 0.670. The molecule has 0 amide bonds. The van der Waals surface area contributed by atoms with Gasteiger partial charge in [-0.1, -0.05) is 34.1 Å². The van der Waals surface area contributed by atoms with E-state index in [-0.39, 0.29) is 0 Å². The summed E-state index contributed by atoms with van der Waals surface area (Å²) in [6, 6.07) is 0. The van der Waals surface area contributed by atoms with Crippen LogP contribution in [0.1, 0.15) is 53.4 Å². The van der Waals surface area contributed by atoms with E-state index in [1.54, 1.807) is 0 Å². The maximum absolute atomic E-state index is 3.63. The normalized spacial score (nSPS) is 20.1. The fraction of sp³-hybridized carbons (Fsp3) is 1.00. The molecule has 0 unspecified atom stereocenters. The Morgan fingerprint density at radius 1 is 1.07 bits per heavy atom. The van der Waals surface area contributed by atoms with Gasteiger partial charge < -0.3 is 5.32 Å². The van der Waals surface area contributed by atoms with Crippen molar-refractivity contribution in [3.63, 3.8) is 0 Å². The third-order valence-corrected chi connectivity index (χ3v) is 3.31. The van der Waals surface area contributed by atoms with Crippen molar-refractivity contribution in [1.82, 2.24) is 5.32 Å². The molecular formula is C13H27N. The lowest BCUT2D eigenvalue weighted by Crippen LogP contribution is -2.41. The predicted octanol–water partition coefficient (Wildman–Crippen LogP) is 3.45. The first kappa shape index (κ1) is 12.0. The van der Waals surface area contributed by atoms with Crippen LogP contribution >= 0.6 is 0 Å². The van der Waals surface area contributed by atoms with Gasteiger partial charge in [0.25, 0.3) is 0 Å². The Kier molecular flexibility index (Phi) is 4.43. The molecule has 14 heavy (non-hydrogen) atoms. The largest absolute Gasteiger partial charge is 0.316 e. The zero-order valence-electron chi connectivity index (χ0n) is 10.4. The van der Waals surface area contributed by atoms with Crippen LogP contribution in [0.4, 0.5) is 0 Å². The average Bonchev–Trinajstić information content (AvgIpc) is 1.98. The second kappa shape index (κ2) is 5.16. The summed E-state index contributed by atoms with van der Waals surface area (Å²) < 4.78 is 0. The Hall–Kier alpha value is -0.0400. The van der Waals surface area contributed by atoms with Gasteiger partial charge in [-0.2, -0.15) is 0 Å². The highest BCUT2D eigenvalue weighted by atomic mass is 14.9.